The number of fused-ring (bicyclic) bond motifs is 2. The summed E-state index contributed by atoms with van der Waals surface area (Å²) in [5.74, 6) is 1.16. The molecule has 0 amide bonds. The normalized spacial score (nSPS) is 11.5. The zero-order valence-electron chi connectivity index (χ0n) is 18.9. The third-order valence-corrected chi connectivity index (χ3v) is 7.26. The molecule has 0 atom stereocenters. The van der Waals surface area contributed by atoms with Crippen molar-refractivity contribution < 1.29 is 4.57 Å². The molecule has 4 aromatic carbocycles. The van der Waals surface area contributed by atoms with Crippen molar-refractivity contribution >= 4 is 32.6 Å². The number of rotatable bonds is 3. The van der Waals surface area contributed by atoms with E-state index in [0.717, 1.165) is 22.0 Å². The van der Waals surface area contributed by atoms with Gasteiger partial charge in [-0.25, -0.2) is 9.55 Å². The molecule has 3 nitrogen and oxygen atoms in total. The van der Waals surface area contributed by atoms with Gasteiger partial charge in [-0.2, -0.15) is 4.57 Å². The number of nitrogens with zero attached hydrogens (tertiary/aromatic N) is 3. The molecule has 0 spiro atoms. The third-order valence-electron chi connectivity index (χ3n) is 6.33. The summed E-state index contributed by atoms with van der Waals surface area (Å²) in [6, 6.07) is 32.5. The molecule has 0 aliphatic heterocycles. The fourth-order valence-corrected chi connectivity index (χ4v) is 5.65. The highest BCUT2D eigenvalue weighted by Gasteiger charge is 2.27. The molecule has 0 N–H and O–H groups in total. The second-order valence-corrected chi connectivity index (χ2v) is 9.72. The Hall–Kier alpha value is -3.76. The van der Waals surface area contributed by atoms with Crippen molar-refractivity contribution in [2.45, 2.75) is 13.8 Å². The molecule has 0 radical (unpaired) electrons. The number of aromatic nitrogens is 3. The Morgan fingerprint density at radius 2 is 1.48 bits per heavy atom. The minimum atomic E-state index is 1.06. The number of aryl methyl sites for hydroxylation is 3. The maximum atomic E-state index is 4.77. The Labute approximate surface area is 197 Å². The lowest BCUT2D eigenvalue weighted by Gasteiger charge is -2.08. The van der Waals surface area contributed by atoms with E-state index in [4.69, 9.17) is 4.98 Å². The summed E-state index contributed by atoms with van der Waals surface area (Å²) in [5.41, 5.74) is 9.52. The fraction of sp³-hybridized carbons (Fsp3) is 0.103. The minimum absolute atomic E-state index is 1.06. The van der Waals surface area contributed by atoms with E-state index in [1.54, 1.807) is 11.3 Å². The summed E-state index contributed by atoms with van der Waals surface area (Å²) < 4.78 is 5.91. The quantitative estimate of drug-likeness (QED) is 0.268. The SMILES string of the molecule is Cc1nc2cc(-c3n(-c4ccc(-c5ccccc5)cc4)c4ccccc4[n+]3C)c(C)cc2s1. The van der Waals surface area contributed by atoms with E-state index in [0.29, 0.717) is 0 Å². The highest BCUT2D eigenvalue weighted by molar-refractivity contribution is 7.18. The summed E-state index contributed by atoms with van der Waals surface area (Å²) in [7, 11) is 2.16. The lowest BCUT2D eigenvalue weighted by atomic mass is 10.0. The maximum Gasteiger partial charge on any atom is 0.295 e. The van der Waals surface area contributed by atoms with Crippen molar-refractivity contribution in [3.05, 3.63) is 102 Å². The molecule has 6 aromatic rings. The van der Waals surface area contributed by atoms with Crippen molar-refractivity contribution in [3.8, 4) is 28.2 Å². The monoisotopic (exact) mass is 446 g/mol. The Balaban J connectivity index is 1.60. The summed E-state index contributed by atoms with van der Waals surface area (Å²) in [4.78, 5) is 4.77. The zero-order chi connectivity index (χ0) is 22.5. The third kappa shape index (κ3) is 3.26. The van der Waals surface area contributed by atoms with Gasteiger partial charge in [-0.05, 0) is 66.9 Å². The van der Waals surface area contributed by atoms with Gasteiger partial charge in [-0.15, -0.1) is 11.3 Å². The smallest absolute Gasteiger partial charge is 0.241 e. The molecule has 33 heavy (non-hydrogen) atoms. The second kappa shape index (κ2) is 7.68. The molecule has 0 aliphatic rings. The van der Waals surface area contributed by atoms with E-state index in [1.807, 2.05) is 0 Å². The van der Waals surface area contributed by atoms with Crippen LogP contribution in [-0.2, 0) is 7.05 Å². The maximum absolute atomic E-state index is 4.77. The first kappa shape index (κ1) is 19.9. The van der Waals surface area contributed by atoms with E-state index >= 15 is 0 Å². The summed E-state index contributed by atoms with van der Waals surface area (Å²) in [6.07, 6.45) is 0. The van der Waals surface area contributed by atoms with Crippen LogP contribution in [0.15, 0.2) is 91.0 Å². The first-order chi connectivity index (χ1) is 16.1. The van der Waals surface area contributed by atoms with Crippen LogP contribution in [0.5, 0.6) is 0 Å². The van der Waals surface area contributed by atoms with Crippen LogP contribution in [0.4, 0.5) is 0 Å². The first-order valence-electron chi connectivity index (χ1n) is 11.1. The van der Waals surface area contributed by atoms with Crippen molar-refractivity contribution in [3.63, 3.8) is 0 Å². The van der Waals surface area contributed by atoms with Crippen LogP contribution >= 0.6 is 11.3 Å². The molecule has 6 rings (SSSR count). The average Bonchev–Trinajstić information content (AvgIpc) is 3.35. The van der Waals surface area contributed by atoms with Crippen LogP contribution in [0.25, 0.3) is 49.5 Å². The Bertz CT molecular complexity index is 1620. The van der Waals surface area contributed by atoms with Gasteiger partial charge in [0.25, 0.3) is 5.82 Å². The van der Waals surface area contributed by atoms with Crippen molar-refractivity contribution in [1.29, 1.82) is 0 Å². The number of thiazole rings is 1. The van der Waals surface area contributed by atoms with Crippen molar-refractivity contribution in [2.24, 2.45) is 7.05 Å². The van der Waals surface area contributed by atoms with Gasteiger partial charge in [-0.3, -0.25) is 0 Å². The number of imidazole rings is 1. The predicted molar refractivity (Wildman–Crippen MR) is 138 cm³/mol. The molecular weight excluding hydrogens is 422 g/mol. The molecule has 0 saturated heterocycles. The number of hydrogen-bond acceptors (Lipinski definition) is 2. The first-order valence-corrected chi connectivity index (χ1v) is 12.0. The highest BCUT2D eigenvalue weighted by Crippen LogP contribution is 2.33. The van der Waals surface area contributed by atoms with Crippen LogP contribution in [0.1, 0.15) is 10.6 Å². The number of benzene rings is 4. The van der Waals surface area contributed by atoms with Gasteiger partial charge >= 0.3 is 0 Å². The van der Waals surface area contributed by atoms with Crippen LogP contribution in [-0.4, -0.2) is 9.55 Å². The summed E-state index contributed by atoms with van der Waals surface area (Å²) in [5, 5.41) is 1.10. The second-order valence-electron chi connectivity index (χ2n) is 8.49. The standard InChI is InChI=1S/C29H24N3S/c1-19-17-28-25(30-20(2)33-28)18-24(19)29-31(3)26-11-7-8-12-27(26)32(29)23-15-13-22(14-16-23)21-9-5-4-6-10-21/h4-18H,1-3H3/q+1. The summed E-state index contributed by atoms with van der Waals surface area (Å²) >= 11 is 1.75. The Morgan fingerprint density at radius 1 is 0.788 bits per heavy atom. The van der Waals surface area contributed by atoms with Gasteiger partial charge in [0.15, 0.2) is 11.0 Å². The molecule has 0 fully saturated rings. The van der Waals surface area contributed by atoms with Crippen molar-refractivity contribution in [2.75, 3.05) is 0 Å². The lowest BCUT2D eigenvalue weighted by molar-refractivity contribution is -0.633. The molecule has 0 bridgehead atoms. The highest BCUT2D eigenvalue weighted by atomic mass is 32.1. The summed E-state index contributed by atoms with van der Waals surface area (Å²) in [6.45, 7) is 4.27. The topological polar surface area (TPSA) is 21.7 Å². The average molecular weight is 447 g/mol. The van der Waals surface area contributed by atoms with Crippen LogP contribution in [0.2, 0.25) is 0 Å². The zero-order valence-corrected chi connectivity index (χ0v) is 19.7. The van der Waals surface area contributed by atoms with E-state index in [2.05, 4.69) is 121 Å². The molecule has 0 unspecified atom stereocenters. The molecule has 0 saturated carbocycles. The van der Waals surface area contributed by atoms with E-state index < -0.39 is 0 Å². The predicted octanol–water partition coefficient (Wildman–Crippen LogP) is 7.02. The van der Waals surface area contributed by atoms with Gasteiger partial charge in [0.05, 0.1) is 27.8 Å². The molecule has 4 heteroatoms. The van der Waals surface area contributed by atoms with Crippen LogP contribution in [0, 0.1) is 13.8 Å². The minimum Gasteiger partial charge on any atom is -0.241 e. The molecule has 0 aliphatic carbocycles. The van der Waals surface area contributed by atoms with E-state index in [9.17, 15) is 0 Å². The van der Waals surface area contributed by atoms with Crippen LogP contribution in [0.3, 0.4) is 0 Å². The Morgan fingerprint density at radius 3 is 2.27 bits per heavy atom. The van der Waals surface area contributed by atoms with Crippen LogP contribution < -0.4 is 4.57 Å². The number of para-hydroxylation sites is 2. The van der Waals surface area contributed by atoms with Gasteiger partial charge in [0, 0.05) is 0 Å². The lowest BCUT2D eigenvalue weighted by Crippen LogP contribution is -2.30. The van der Waals surface area contributed by atoms with Gasteiger partial charge in [-0.1, -0.05) is 54.6 Å². The van der Waals surface area contributed by atoms with Gasteiger partial charge < -0.3 is 0 Å². The van der Waals surface area contributed by atoms with Gasteiger partial charge in [0.1, 0.15) is 5.69 Å². The fourth-order valence-electron chi connectivity index (χ4n) is 4.74. The Kier molecular flexibility index (Phi) is 4.63. The molecule has 2 aromatic heterocycles. The van der Waals surface area contributed by atoms with Gasteiger partial charge in [0.2, 0.25) is 0 Å². The van der Waals surface area contributed by atoms with E-state index in [1.165, 1.54) is 38.0 Å². The number of hydrogen-bond donors (Lipinski definition) is 0. The van der Waals surface area contributed by atoms with E-state index in [-0.39, 0.29) is 0 Å². The molecule has 160 valence electrons. The molecule has 2 heterocycles. The molecular formula is C29H24N3S+. The van der Waals surface area contributed by atoms with Crippen molar-refractivity contribution in [1.82, 2.24) is 9.55 Å². The largest absolute Gasteiger partial charge is 0.295 e.